The fraction of sp³-hybridized carbons (Fsp3) is 0.636. The van der Waals surface area contributed by atoms with Crippen molar-refractivity contribution in [2.24, 2.45) is 0 Å². The van der Waals surface area contributed by atoms with Gasteiger partial charge >= 0.3 is 5.97 Å². The van der Waals surface area contributed by atoms with Crippen LogP contribution in [0.2, 0.25) is 0 Å². The van der Waals surface area contributed by atoms with Crippen molar-refractivity contribution < 1.29 is 9.90 Å². The number of aryl methyl sites for hydroxylation is 1. The Morgan fingerprint density at radius 1 is 1.56 bits per heavy atom. The number of hydrogen-bond donors (Lipinski definition) is 2. The highest BCUT2D eigenvalue weighted by atomic mass is 32.1. The maximum atomic E-state index is 11.1. The molecule has 0 radical (unpaired) electrons. The minimum Gasteiger partial charge on any atom is -0.478 e. The zero-order valence-corrected chi connectivity index (χ0v) is 10.9. The minimum absolute atomic E-state index is 0.0993. The smallest absolute Gasteiger partial charge is 0.340 e. The van der Waals surface area contributed by atoms with Crippen LogP contribution in [0.25, 0.3) is 0 Å². The Bertz CT molecular complexity index is 385. The van der Waals surface area contributed by atoms with Crippen molar-refractivity contribution in [3.8, 4) is 0 Å². The molecule has 1 heterocycles. The molecule has 0 bridgehead atoms. The fourth-order valence-corrected chi connectivity index (χ4v) is 2.67. The molecule has 0 amide bonds. The number of rotatable bonds is 5. The van der Waals surface area contributed by atoms with Gasteiger partial charge in [0.1, 0.15) is 10.6 Å². The molecule has 0 saturated heterocycles. The van der Waals surface area contributed by atoms with Crippen LogP contribution in [0.5, 0.6) is 0 Å². The predicted molar refractivity (Wildman–Crippen MR) is 66.4 cm³/mol. The molecule has 1 aromatic heterocycles. The van der Waals surface area contributed by atoms with Gasteiger partial charge in [0, 0.05) is 5.54 Å². The molecule has 0 atom stereocenters. The molecule has 5 heteroatoms. The highest BCUT2D eigenvalue weighted by molar-refractivity contribution is 7.10. The van der Waals surface area contributed by atoms with Crippen molar-refractivity contribution in [1.82, 2.24) is 4.37 Å². The first kappa shape index (κ1) is 13.0. The number of carboxylic acid groups (broad SMARTS) is 1. The van der Waals surface area contributed by atoms with Crippen LogP contribution in [-0.2, 0) is 0 Å². The largest absolute Gasteiger partial charge is 0.478 e. The third kappa shape index (κ3) is 2.95. The van der Waals surface area contributed by atoms with Gasteiger partial charge in [-0.1, -0.05) is 13.3 Å². The topological polar surface area (TPSA) is 62.2 Å². The van der Waals surface area contributed by atoms with Crippen molar-refractivity contribution in [1.29, 1.82) is 0 Å². The van der Waals surface area contributed by atoms with Crippen LogP contribution in [-0.4, -0.2) is 21.0 Å². The number of carbonyl (C=O) groups is 1. The van der Waals surface area contributed by atoms with Gasteiger partial charge in [-0.15, -0.1) is 0 Å². The van der Waals surface area contributed by atoms with Crippen LogP contribution in [0.1, 0.15) is 49.7 Å². The third-order valence-electron chi connectivity index (χ3n) is 2.40. The Kier molecular flexibility index (Phi) is 3.91. The maximum Gasteiger partial charge on any atom is 0.340 e. The normalized spacial score (nSPS) is 11.5. The molecule has 0 aliphatic carbocycles. The van der Waals surface area contributed by atoms with E-state index in [4.69, 9.17) is 5.11 Å². The van der Waals surface area contributed by atoms with Crippen LogP contribution in [0.3, 0.4) is 0 Å². The average molecular weight is 242 g/mol. The van der Waals surface area contributed by atoms with E-state index in [-0.39, 0.29) is 5.54 Å². The van der Waals surface area contributed by atoms with E-state index in [1.165, 1.54) is 11.5 Å². The van der Waals surface area contributed by atoms with E-state index in [2.05, 4.69) is 30.5 Å². The number of nitrogens with zero attached hydrogens (tertiary/aromatic N) is 1. The van der Waals surface area contributed by atoms with Gasteiger partial charge in [0.05, 0.1) is 5.69 Å². The van der Waals surface area contributed by atoms with Gasteiger partial charge in [-0.05, 0) is 38.7 Å². The van der Waals surface area contributed by atoms with Gasteiger partial charge in [-0.25, -0.2) is 4.79 Å². The minimum atomic E-state index is -0.916. The van der Waals surface area contributed by atoms with Crippen LogP contribution in [0.4, 0.5) is 5.00 Å². The number of hydrogen-bond acceptors (Lipinski definition) is 4. The summed E-state index contributed by atoms with van der Waals surface area (Å²) in [5.41, 5.74) is 0.777. The molecule has 0 fully saturated rings. The maximum absolute atomic E-state index is 11.1. The Morgan fingerprint density at radius 2 is 2.19 bits per heavy atom. The lowest BCUT2D eigenvalue weighted by Crippen LogP contribution is -2.30. The van der Waals surface area contributed by atoms with Crippen LogP contribution >= 0.6 is 11.5 Å². The summed E-state index contributed by atoms with van der Waals surface area (Å²) in [5, 5.41) is 13.0. The molecule has 1 aromatic rings. The molecule has 90 valence electrons. The summed E-state index contributed by atoms with van der Waals surface area (Å²) in [7, 11) is 0. The summed E-state index contributed by atoms with van der Waals surface area (Å²) in [6.07, 6.45) is 2.04. The number of aromatic nitrogens is 1. The molecular formula is C11H18N2O2S. The molecule has 0 aliphatic rings. The first-order valence-electron chi connectivity index (χ1n) is 5.35. The Labute approximate surface area is 99.9 Å². The van der Waals surface area contributed by atoms with E-state index >= 15 is 0 Å². The second-order valence-corrected chi connectivity index (χ2v) is 5.31. The van der Waals surface area contributed by atoms with Crippen molar-refractivity contribution in [3.05, 3.63) is 11.3 Å². The summed E-state index contributed by atoms with van der Waals surface area (Å²) in [6, 6.07) is 0. The molecule has 0 spiro atoms. The number of carboxylic acids is 1. The summed E-state index contributed by atoms with van der Waals surface area (Å²) in [4.78, 5) is 11.1. The number of nitrogens with one attached hydrogen (secondary N) is 1. The monoisotopic (exact) mass is 242 g/mol. The van der Waals surface area contributed by atoms with Gasteiger partial charge < -0.3 is 10.4 Å². The highest BCUT2D eigenvalue weighted by Gasteiger charge is 2.23. The standard InChI is InChI=1S/C11H18N2O2S/c1-5-6-11(3,4)12-9-8(10(14)15)7(2)13-16-9/h12H,5-6H2,1-4H3,(H,14,15). The lowest BCUT2D eigenvalue weighted by atomic mass is 9.99. The van der Waals surface area contributed by atoms with E-state index in [0.717, 1.165) is 12.8 Å². The molecule has 0 aliphatic heterocycles. The first-order valence-corrected chi connectivity index (χ1v) is 6.12. The first-order chi connectivity index (χ1) is 7.37. The highest BCUT2D eigenvalue weighted by Crippen LogP contribution is 2.28. The van der Waals surface area contributed by atoms with Gasteiger partial charge in [0.2, 0.25) is 0 Å². The van der Waals surface area contributed by atoms with Crippen molar-refractivity contribution in [2.75, 3.05) is 5.32 Å². The van der Waals surface area contributed by atoms with E-state index in [1.807, 2.05) is 0 Å². The van der Waals surface area contributed by atoms with Crippen molar-refractivity contribution in [3.63, 3.8) is 0 Å². The predicted octanol–water partition coefficient (Wildman–Crippen LogP) is 3.14. The van der Waals surface area contributed by atoms with Crippen LogP contribution in [0, 0.1) is 6.92 Å². The van der Waals surface area contributed by atoms with E-state index < -0.39 is 5.97 Å². The lowest BCUT2D eigenvalue weighted by Gasteiger charge is -2.26. The summed E-state index contributed by atoms with van der Waals surface area (Å²) < 4.78 is 4.08. The third-order valence-corrected chi connectivity index (χ3v) is 3.26. The fourth-order valence-electron chi connectivity index (χ4n) is 1.70. The lowest BCUT2D eigenvalue weighted by molar-refractivity contribution is 0.0697. The molecule has 0 saturated carbocycles. The zero-order valence-electron chi connectivity index (χ0n) is 10.1. The SMILES string of the molecule is CCCC(C)(C)Nc1snc(C)c1C(=O)O. The van der Waals surface area contributed by atoms with Crippen LogP contribution in [0.15, 0.2) is 0 Å². The van der Waals surface area contributed by atoms with E-state index in [0.29, 0.717) is 16.3 Å². The Hall–Kier alpha value is -1.10. The van der Waals surface area contributed by atoms with Gasteiger partial charge in [-0.3, -0.25) is 0 Å². The molecular weight excluding hydrogens is 224 g/mol. The molecule has 0 unspecified atom stereocenters. The number of aromatic carboxylic acids is 1. The Morgan fingerprint density at radius 3 is 2.69 bits per heavy atom. The molecule has 2 N–H and O–H groups in total. The summed E-state index contributed by atoms with van der Waals surface area (Å²) >= 11 is 1.22. The van der Waals surface area contributed by atoms with Gasteiger partial charge in [0.25, 0.3) is 0 Å². The molecule has 4 nitrogen and oxygen atoms in total. The molecule has 16 heavy (non-hydrogen) atoms. The second-order valence-electron chi connectivity index (χ2n) is 4.54. The van der Waals surface area contributed by atoms with Crippen molar-refractivity contribution in [2.45, 2.75) is 46.1 Å². The van der Waals surface area contributed by atoms with Gasteiger partial charge in [0.15, 0.2) is 0 Å². The average Bonchev–Trinajstić information content (AvgIpc) is 2.45. The summed E-state index contributed by atoms with van der Waals surface area (Å²) in [6.45, 7) is 7.96. The van der Waals surface area contributed by atoms with Crippen molar-refractivity contribution >= 4 is 22.5 Å². The Balaban J connectivity index is 2.93. The molecule has 0 aromatic carbocycles. The van der Waals surface area contributed by atoms with E-state index in [9.17, 15) is 4.79 Å². The quantitative estimate of drug-likeness (QED) is 0.832. The summed E-state index contributed by atoms with van der Waals surface area (Å²) in [5.74, 6) is -0.916. The van der Waals surface area contributed by atoms with Gasteiger partial charge in [-0.2, -0.15) is 4.37 Å². The zero-order chi connectivity index (χ0) is 12.3. The van der Waals surface area contributed by atoms with Crippen LogP contribution < -0.4 is 5.32 Å². The van der Waals surface area contributed by atoms with E-state index in [1.54, 1.807) is 6.92 Å². The second kappa shape index (κ2) is 4.82. The number of anilines is 1. The molecule has 1 rings (SSSR count).